The van der Waals surface area contributed by atoms with E-state index in [9.17, 15) is 4.79 Å². The average molecular weight is 276 g/mol. The summed E-state index contributed by atoms with van der Waals surface area (Å²) < 4.78 is 0. The largest absolute Gasteiger partial charge is 0.353 e. The minimum absolute atomic E-state index is 0.225. The first-order valence-corrected chi connectivity index (χ1v) is 7.11. The van der Waals surface area contributed by atoms with Gasteiger partial charge in [-0.15, -0.1) is 0 Å². The lowest BCUT2D eigenvalue weighted by Crippen LogP contribution is -2.43. The molecule has 0 spiro atoms. The highest BCUT2D eigenvalue weighted by Gasteiger charge is 2.25. The summed E-state index contributed by atoms with van der Waals surface area (Å²) in [5.74, 6) is 1.31. The van der Waals surface area contributed by atoms with Gasteiger partial charge in [-0.05, 0) is 24.7 Å². The molecule has 0 aromatic heterocycles. The average Bonchev–Trinajstić information content (AvgIpc) is 2.17. The monoisotopic (exact) mass is 275 g/mol. The van der Waals surface area contributed by atoms with E-state index in [1.165, 1.54) is 19.3 Å². The molecule has 1 saturated carbocycles. The van der Waals surface area contributed by atoms with Gasteiger partial charge in [-0.3, -0.25) is 4.79 Å². The van der Waals surface area contributed by atoms with Gasteiger partial charge in [0.1, 0.15) is 0 Å². The number of halogens is 1. The summed E-state index contributed by atoms with van der Waals surface area (Å²) in [6.07, 6.45) is 5.63. The topological polar surface area (TPSA) is 29.1 Å². The first kappa shape index (κ1) is 13.0. The van der Waals surface area contributed by atoms with Gasteiger partial charge in [0, 0.05) is 17.8 Å². The molecule has 2 atom stereocenters. The van der Waals surface area contributed by atoms with E-state index in [2.05, 4.69) is 35.1 Å². The van der Waals surface area contributed by atoms with E-state index in [4.69, 9.17) is 0 Å². The van der Waals surface area contributed by atoms with Crippen LogP contribution >= 0.6 is 15.9 Å². The van der Waals surface area contributed by atoms with Gasteiger partial charge in [0.25, 0.3) is 0 Å². The summed E-state index contributed by atoms with van der Waals surface area (Å²) >= 11 is 3.54. The Hall–Kier alpha value is -0.0500. The van der Waals surface area contributed by atoms with Gasteiger partial charge >= 0.3 is 0 Å². The van der Waals surface area contributed by atoms with Crippen molar-refractivity contribution in [2.45, 2.75) is 52.0 Å². The van der Waals surface area contributed by atoms with Crippen molar-refractivity contribution in [1.29, 1.82) is 0 Å². The fourth-order valence-electron chi connectivity index (χ4n) is 2.22. The maximum absolute atomic E-state index is 11.7. The zero-order chi connectivity index (χ0) is 11.3. The summed E-state index contributed by atoms with van der Waals surface area (Å²) in [5, 5.41) is 4.20. The van der Waals surface area contributed by atoms with Crippen molar-refractivity contribution in [3.63, 3.8) is 0 Å². The summed E-state index contributed by atoms with van der Waals surface area (Å²) in [4.78, 5) is 11.7. The van der Waals surface area contributed by atoms with Crippen molar-refractivity contribution in [2.24, 2.45) is 11.8 Å². The van der Waals surface area contributed by atoms with Crippen molar-refractivity contribution >= 4 is 21.8 Å². The second-order valence-electron chi connectivity index (χ2n) is 4.97. The number of carbonyl (C=O) groups excluding carboxylic acids is 1. The summed E-state index contributed by atoms with van der Waals surface area (Å²) in [6, 6.07) is 0.407. The van der Waals surface area contributed by atoms with E-state index in [1.54, 1.807) is 0 Å². The lowest BCUT2D eigenvalue weighted by molar-refractivity contribution is -0.123. The second kappa shape index (κ2) is 6.51. The van der Waals surface area contributed by atoms with Gasteiger partial charge in [0.15, 0.2) is 0 Å². The molecule has 0 heterocycles. The first-order chi connectivity index (χ1) is 7.13. The zero-order valence-corrected chi connectivity index (χ0v) is 11.3. The molecule has 1 rings (SSSR count). The number of alkyl halides is 1. The Morgan fingerprint density at radius 3 is 2.67 bits per heavy atom. The van der Waals surface area contributed by atoms with Gasteiger partial charge in [0.2, 0.25) is 5.91 Å². The third-order valence-electron chi connectivity index (χ3n) is 3.05. The molecule has 1 aliphatic carbocycles. The van der Waals surface area contributed by atoms with Crippen LogP contribution in [0.4, 0.5) is 0 Å². The molecule has 1 aliphatic rings. The molecule has 0 aliphatic heterocycles. The van der Waals surface area contributed by atoms with Crippen molar-refractivity contribution in [2.75, 3.05) is 5.33 Å². The van der Waals surface area contributed by atoms with Crippen LogP contribution in [0.15, 0.2) is 0 Å². The van der Waals surface area contributed by atoms with Crippen molar-refractivity contribution in [3.05, 3.63) is 0 Å². The number of hydrogen-bond donors (Lipinski definition) is 1. The SMILES string of the molecule is CC(C)CC(=O)NC1CCCCC1CBr. The van der Waals surface area contributed by atoms with E-state index in [-0.39, 0.29) is 5.91 Å². The number of hydrogen-bond acceptors (Lipinski definition) is 1. The van der Waals surface area contributed by atoms with Crippen LogP contribution in [0.1, 0.15) is 46.0 Å². The zero-order valence-electron chi connectivity index (χ0n) is 9.76. The fourth-order valence-corrected chi connectivity index (χ4v) is 2.99. The van der Waals surface area contributed by atoms with E-state index >= 15 is 0 Å². The van der Waals surface area contributed by atoms with Crippen LogP contribution in [0.3, 0.4) is 0 Å². The molecule has 2 unspecified atom stereocenters. The molecule has 0 aromatic carbocycles. The predicted molar refractivity (Wildman–Crippen MR) is 67.1 cm³/mol. The summed E-state index contributed by atoms with van der Waals surface area (Å²) in [6.45, 7) is 4.17. The Bertz CT molecular complexity index is 206. The Kier molecular flexibility index (Phi) is 5.65. The van der Waals surface area contributed by atoms with Crippen LogP contribution in [0.5, 0.6) is 0 Å². The first-order valence-electron chi connectivity index (χ1n) is 5.98. The summed E-state index contributed by atoms with van der Waals surface area (Å²) in [5.41, 5.74) is 0. The Morgan fingerprint density at radius 2 is 2.07 bits per heavy atom. The van der Waals surface area contributed by atoms with Gasteiger partial charge in [-0.1, -0.05) is 42.6 Å². The highest BCUT2D eigenvalue weighted by molar-refractivity contribution is 9.09. The Balaban J connectivity index is 2.37. The molecule has 2 nitrogen and oxygen atoms in total. The third kappa shape index (κ3) is 4.54. The molecular formula is C12H22BrNO. The highest BCUT2D eigenvalue weighted by atomic mass is 79.9. The van der Waals surface area contributed by atoms with Crippen LogP contribution < -0.4 is 5.32 Å². The van der Waals surface area contributed by atoms with Crippen molar-refractivity contribution in [1.82, 2.24) is 5.32 Å². The quantitative estimate of drug-likeness (QED) is 0.785. The minimum atomic E-state index is 0.225. The van der Waals surface area contributed by atoms with Gasteiger partial charge < -0.3 is 5.32 Å². The molecule has 88 valence electrons. The van der Waals surface area contributed by atoms with E-state index < -0.39 is 0 Å². The molecule has 1 fully saturated rings. The molecule has 1 amide bonds. The van der Waals surface area contributed by atoms with Crippen LogP contribution in [0.25, 0.3) is 0 Å². The molecule has 0 saturated heterocycles. The second-order valence-corrected chi connectivity index (χ2v) is 5.62. The van der Waals surface area contributed by atoms with Crippen molar-refractivity contribution in [3.8, 4) is 0 Å². The standard InChI is InChI=1S/C12H22BrNO/c1-9(2)7-12(15)14-11-6-4-3-5-10(11)8-13/h9-11H,3-8H2,1-2H3,(H,14,15). The van der Waals surface area contributed by atoms with Gasteiger partial charge in [0.05, 0.1) is 0 Å². The Labute approximate surface area is 101 Å². The van der Waals surface area contributed by atoms with Crippen LogP contribution in [-0.4, -0.2) is 17.3 Å². The lowest BCUT2D eigenvalue weighted by atomic mass is 9.86. The number of rotatable bonds is 4. The molecule has 0 bridgehead atoms. The van der Waals surface area contributed by atoms with Gasteiger partial charge in [-0.2, -0.15) is 0 Å². The van der Waals surface area contributed by atoms with Crippen LogP contribution in [0, 0.1) is 11.8 Å². The molecule has 0 aromatic rings. The van der Waals surface area contributed by atoms with Crippen LogP contribution in [-0.2, 0) is 4.79 Å². The molecule has 0 radical (unpaired) electrons. The summed E-state index contributed by atoms with van der Waals surface area (Å²) in [7, 11) is 0. The van der Waals surface area contributed by atoms with E-state index in [1.807, 2.05) is 0 Å². The fraction of sp³-hybridized carbons (Fsp3) is 0.917. The van der Waals surface area contributed by atoms with Gasteiger partial charge in [-0.25, -0.2) is 0 Å². The lowest BCUT2D eigenvalue weighted by Gasteiger charge is -2.31. The number of carbonyl (C=O) groups is 1. The minimum Gasteiger partial charge on any atom is -0.353 e. The van der Waals surface area contributed by atoms with E-state index in [0.717, 1.165) is 11.8 Å². The molecule has 3 heteroatoms. The van der Waals surface area contributed by atoms with E-state index in [0.29, 0.717) is 24.3 Å². The molecular weight excluding hydrogens is 254 g/mol. The van der Waals surface area contributed by atoms with Crippen molar-refractivity contribution < 1.29 is 4.79 Å². The molecule has 1 N–H and O–H groups in total. The predicted octanol–water partition coefficient (Wildman–Crippen LogP) is 3.10. The van der Waals surface area contributed by atoms with Crippen LogP contribution in [0.2, 0.25) is 0 Å². The normalized spacial score (nSPS) is 26.7. The number of nitrogens with one attached hydrogen (secondary N) is 1. The smallest absolute Gasteiger partial charge is 0.220 e. The Morgan fingerprint density at radius 1 is 1.40 bits per heavy atom. The maximum atomic E-state index is 11.7. The highest BCUT2D eigenvalue weighted by Crippen LogP contribution is 2.26. The maximum Gasteiger partial charge on any atom is 0.220 e. The number of amides is 1. The molecule has 15 heavy (non-hydrogen) atoms. The third-order valence-corrected chi connectivity index (χ3v) is 3.88.